The van der Waals surface area contributed by atoms with E-state index in [1.54, 1.807) is 0 Å². The molecule has 3 rings (SSSR count). The number of carbonyl (C=O) groups is 1. The molecule has 0 aliphatic heterocycles. The molecule has 0 atom stereocenters. The third-order valence-electron chi connectivity index (χ3n) is 4.52. The van der Waals surface area contributed by atoms with Crippen LogP contribution >= 0.6 is 15.9 Å². The van der Waals surface area contributed by atoms with E-state index in [-0.39, 0.29) is 5.97 Å². The van der Waals surface area contributed by atoms with E-state index < -0.39 is 0 Å². The van der Waals surface area contributed by atoms with Gasteiger partial charge in [0, 0.05) is 16.4 Å². The topological polar surface area (TPSA) is 31.2 Å². The number of rotatable bonds is 4. The standard InChI is InChI=1S/C18H22BrNO2/c1-2-22-18(21)16-11-14-9-6-10-15(19)17(14)20(16)12-13-7-4-3-5-8-13/h6,9-11,13H,2-5,7-8,12H2,1H3. The van der Waals surface area contributed by atoms with E-state index >= 15 is 0 Å². The van der Waals surface area contributed by atoms with E-state index in [4.69, 9.17) is 4.74 Å². The third kappa shape index (κ3) is 3.07. The third-order valence-corrected chi connectivity index (χ3v) is 5.16. The number of carbonyl (C=O) groups excluding carboxylic acids is 1. The second kappa shape index (κ2) is 6.86. The van der Waals surface area contributed by atoms with Crippen molar-refractivity contribution in [2.75, 3.05) is 6.61 Å². The fourth-order valence-electron chi connectivity index (χ4n) is 3.47. The van der Waals surface area contributed by atoms with Crippen LogP contribution in [0, 0.1) is 5.92 Å². The Bertz CT molecular complexity index is 671. The monoisotopic (exact) mass is 363 g/mol. The first-order chi connectivity index (χ1) is 10.7. The van der Waals surface area contributed by atoms with Gasteiger partial charge in [-0.05, 0) is 53.7 Å². The molecular weight excluding hydrogens is 342 g/mol. The van der Waals surface area contributed by atoms with E-state index in [9.17, 15) is 4.79 Å². The number of aromatic nitrogens is 1. The molecule has 0 unspecified atom stereocenters. The molecule has 1 aliphatic rings. The summed E-state index contributed by atoms with van der Waals surface area (Å²) in [5.41, 5.74) is 1.78. The van der Waals surface area contributed by atoms with Gasteiger partial charge >= 0.3 is 5.97 Å². The first-order valence-electron chi connectivity index (χ1n) is 8.15. The van der Waals surface area contributed by atoms with Crippen LogP contribution in [0.4, 0.5) is 0 Å². The van der Waals surface area contributed by atoms with Crippen molar-refractivity contribution in [2.45, 2.75) is 45.6 Å². The van der Waals surface area contributed by atoms with Gasteiger partial charge in [0.25, 0.3) is 0 Å². The van der Waals surface area contributed by atoms with E-state index in [0.717, 1.165) is 21.9 Å². The normalized spacial score (nSPS) is 16.1. The van der Waals surface area contributed by atoms with Crippen molar-refractivity contribution < 1.29 is 9.53 Å². The summed E-state index contributed by atoms with van der Waals surface area (Å²) in [7, 11) is 0. The molecule has 0 N–H and O–H groups in total. The van der Waals surface area contributed by atoms with Crippen molar-refractivity contribution >= 4 is 32.8 Å². The van der Waals surface area contributed by atoms with Crippen LogP contribution in [0.5, 0.6) is 0 Å². The zero-order chi connectivity index (χ0) is 15.5. The number of hydrogen-bond donors (Lipinski definition) is 0. The fraction of sp³-hybridized carbons (Fsp3) is 0.500. The molecule has 1 fully saturated rings. The van der Waals surface area contributed by atoms with Crippen LogP contribution in [0.3, 0.4) is 0 Å². The van der Waals surface area contributed by atoms with Crippen molar-refractivity contribution in [3.05, 3.63) is 34.4 Å². The van der Waals surface area contributed by atoms with Crippen molar-refractivity contribution in [2.24, 2.45) is 5.92 Å². The first-order valence-corrected chi connectivity index (χ1v) is 8.95. The van der Waals surface area contributed by atoms with Gasteiger partial charge in [-0.1, -0.05) is 31.4 Å². The van der Waals surface area contributed by atoms with Gasteiger partial charge < -0.3 is 9.30 Å². The van der Waals surface area contributed by atoms with E-state index in [1.165, 1.54) is 32.1 Å². The van der Waals surface area contributed by atoms with Gasteiger partial charge in [0.15, 0.2) is 0 Å². The maximum atomic E-state index is 12.3. The summed E-state index contributed by atoms with van der Waals surface area (Å²) in [6.45, 7) is 3.16. The zero-order valence-electron chi connectivity index (χ0n) is 13.0. The Morgan fingerprint density at radius 3 is 2.82 bits per heavy atom. The molecule has 3 nitrogen and oxygen atoms in total. The maximum absolute atomic E-state index is 12.3. The molecule has 1 saturated carbocycles. The average molecular weight is 364 g/mol. The van der Waals surface area contributed by atoms with Gasteiger partial charge in [0.2, 0.25) is 0 Å². The lowest BCUT2D eigenvalue weighted by atomic mass is 9.89. The minimum atomic E-state index is -0.221. The highest BCUT2D eigenvalue weighted by Crippen LogP contribution is 2.32. The highest BCUT2D eigenvalue weighted by atomic mass is 79.9. The average Bonchev–Trinajstić information content (AvgIpc) is 2.89. The number of esters is 1. The molecule has 0 amide bonds. The molecule has 1 aromatic heterocycles. The Hall–Kier alpha value is -1.29. The number of para-hydroxylation sites is 1. The van der Waals surface area contributed by atoms with Gasteiger partial charge in [-0.2, -0.15) is 0 Å². The van der Waals surface area contributed by atoms with Gasteiger partial charge in [0.1, 0.15) is 5.69 Å². The van der Waals surface area contributed by atoms with Gasteiger partial charge in [0.05, 0.1) is 12.1 Å². The lowest BCUT2D eigenvalue weighted by molar-refractivity contribution is 0.0512. The van der Waals surface area contributed by atoms with Crippen LogP contribution < -0.4 is 0 Å². The molecule has 1 aliphatic carbocycles. The molecular formula is C18H22BrNO2. The van der Waals surface area contributed by atoms with Crippen LogP contribution in [0.25, 0.3) is 10.9 Å². The quantitative estimate of drug-likeness (QED) is 0.702. The van der Waals surface area contributed by atoms with Crippen molar-refractivity contribution in [3.63, 3.8) is 0 Å². The Morgan fingerprint density at radius 2 is 2.09 bits per heavy atom. The summed E-state index contributed by atoms with van der Waals surface area (Å²) in [5, 5.41) is 1.09. The Morgan fingerprint density at radius 1 is 1.32 bits per heavy atom. The largest absolute Gasteiger partial charge is 0.461 e. The van der Waals surface area contributed by atoms with Gasteiger partial charge in [-0.25, -0.2) is 4.79 Å². The Balaban J connectivity index is 2.03. The minimum absolute atomic E-state index is 0.221. The highest BCUT2D eigenvalue weighted by Gasteiger charge is 2.22. The van der Waals surface area contributed by atoms with Crippen LogP contribution in [0.15, 0.2) is 28.7 Å². The second-order valence-electron chi connectivity index (χ2n) is 6.04. The zero-order valence-corrected chi connectivity index (χ0v) is 14.6. The van der Waals surface area contributed by atoms with Crippen LogP contribution in [-0.4, -0.2) is 17.1 Å². The SMILES string of the molecule is CCOC(=O)c1cc2cccc(Br)c2n1CC1CCCCC1. The van der Waals surface area contributed by atoms with Crippen LogP contribution in [-0.2, 0) is 11.3 Å². The van der Waals surface area contributed by atoms with Gasteiger partial charge in [-0.15, -0.1) is 0 Å². The highest BCUT2D eigenvalue weighted by molar-refractivity contribution is 9.10. The lowest BCUT2D eigenvalue weighted by Crippen LogP contribution is -2.19. The smallest absolute Gasteiger partial charge is 0.354 e. The maximum Gasteiger partial charge on any atom is 0.354 e. The van der Waals surface area contributed by atoms with E-state index in [0.29, 0.717) is 18.2 Å². The molecule has 0 bridgehead atoms. The van der Waals surface area contributed by atoms with Crippen LogP contribution in [0.2, 0.25) is 0 Å². The number of halogens is 1. The summed E-state index contributed by atoms with van der Waals surface area (Å²) < 4.78 is 8.45. The summed E-state index contributed by atoms with van der Waals surface area (Å²) >= 11 is 3.64. The lowest BCUT2D eigenvalue weighted by Gasteiger charge is -2.23. The molecule has 1 heterocycles. The molecule has 118 valence electrons. The summed E-state index contributed by atoms with van der Waals surface area (Å²) in [6, 6.07) is 8.06. The molecule has 0 saturated heterocycles. The van der Waals surface area contributed by atoms with Crippen LogP contribution in [0.1, 0.15) is 49.5 Å². The molecule has 1 aromatic carbocycles. The first kappa shape index (κ1) is 15.6. The number of fused-ring (bicyclic) bond motifs is 1. The van der Waals surface area contributed by atoms with E-state index in [1.807, 2.05) is 25.1 Å². The number of ether oxygens (including phenoxy) is 1. The van der Waals surface area contributed by atoms with Crippen molar-refractivity contribution in [1.82, 2.24) is 4.57 Å². The Labute approximate surface area is 139 Å². The predicted molar refractivity (Wildman–Crippen MR) is 92.2 cm³/mol. The summed E-state index contributed by atoms with van der Waals surface area (Å²) in [5.74, 6) is 0.436. The number of benzene rings is 1. The van der Waals surface area contributed by atoms with Crippen molar-refractivity contribution in [1.29, 1.82) is 0 Å². The Kier molecular flexibility index (Phi) is 4.87. The van der Waals surface area contributed by atoms with E-state index in [2.05, 4.69) is 26.6 Å². The summed E-state index contributed by atoms with van der Waals surface area (Å²) in [6.07, 6.45) is 6.47. The predicted octanol–water partition coefficient (Wildman–Crippen LogP) is 5.16. The van der Waals surface area contributed by atoms with Gasteiger partial charge in [-0.3, -0.25) is 0 Å². The van der Waals surface area contributed by atoms with Crippen molar-refractivity contribution in [3.8, 4) is 0 Å². The minimum Gasteiger partial charge on any atom is -0.461 e. The summed E-state index contributed by atoms with van der Waals surface area (Å²) in [4.78, 5) is 12.3. The molecule has 2 aromatic rings. The number of hydrogen-bond acceptors (Lipinski definition) is 2. The second-order valence-corrected chi connectivity index (χ2v) is 6.90. The number of nitrogens with zero attached hydrogens (tertiary/aromatic N) is 1. The molecule has 22 heavy (non-hydrogen) atoms. The fourth-order valence-corrected chi connectivity index (χ4v) is 4.07. The molecule has 4 heteroatoms. The molecule has 0 radical (unpaired) electrons. The molecule has 0 spiro atoms.